The standard InChI is InChI=1S/C42H4B2F30N3/c45-13-7(14(46)26(58)37(69)25(13)57)43(8-15(47)27(59)38(70)28(60)16(8)48,9-17(49)29(61)39(71)30(62)18(9)50)76-5-3-1-2-4-6(5)77(75-76)44(10-19(51)31(63)40(72)32(64)20(10)52,11-21(53)33(65)41(73)34(66)22(11)54)12-23(55)35(67)42(74)36(68)24(12)56/h1-4H/q-1. The van der Waals surface area contributed by atoms with Gasteiger partial charge < -0.3 is 9.19 Å². The fourth-order valence-corrected chi connectivity index (χ4v) is 9.16. The van der Waals surface area contributed by atoms with Crippen LogP contribution in [0, 0.1) is 175 Å². The Labute approximate surface area is 401 Å². The average molecular weight is 1140 g/mol. The van der Waals surface area contributed by atoms with Gasteiger partial charge in [-0.3, -0.25) is 0 Å². The van der Waals surface area contributed by atoms with Crippen LogP contribution in [0.5, 0.6) is 0 Å². The largest absolute Gasteiger partial charge is 0.316 e. The lowest BCUT2D eigenvalue weighted by Crippen LogP contribution is -2.89. The molecule has 0 aliphatic carbocycles. The van der Waals surface area contributed by atoms with Crippen molar-refractivity contribution >= 4 is 56.4 Å². The summed E-state index contributed by atoms with van der Waals surface area (Å²) in [5.74, 6) is -114. The number of benzene rings is 7. The molecule has 8 aromatic rings. The van der Waals surface area contributed by atoms with Crippen LogP contribution in [0.2, 0.25) is 0 Å². The summed E-state index contributed by atoms with van der Waals surface area (Å²) in [5, 5.41) is 2.83. The minimum absolute atomic E-state index is 0.144. The minimum atomic E-state index is -7.59. The number of rotatable bonds is 8. The molecule has 0 saturated heterocycles. The summed E-state index contributed by atoms with van der Waals surface area (Å²) in [6, 6.07) is -0.276. The predicted molar refractivity (Wildman–Crippen MR) is 197 cm³/mol. The molecule has 404 valence electrons. The molecule has 0 atom stereocenters. The van der Waals surface area contributed by atoms with Crippen LogP contribution >= 0.6 is 0 Å². The van der Waals surface area contributed by atoms with Gasteiger partial charge in [0.2, 0.25) is 0 Å². The van der Waals surface area contributed by atoms with Crippen molar-refractivity contribution in [2.24, 2.45) is 0 Å². The number of hydrogen-bond donors (Lipinski definition) is 0. The van der Waals surface area contributed by atoms with Gasteiger partial charge in [-0.05, 0) is 17.3 Å². The summed E-state index contributed by atoms with van der Waals surface area (Å²) in [5.41, 5.74) is -27.3. The van der Waals surface area contributed by atoms with Crippen molar-refractivity contribution in [3.63, 3.8) is 0 Å². The summed E-state index contributed by atoms with van der Waals surface area (Å²) in [6.45, 7) is 0. The Balaban J connectivity index is 1.91. The maximum absolute atomic E-state index is 16.8. The van der Waals surface area contributed by atoms with Gasteiger partial charge in [0.25, 0.3) is 0 Å². The van der Waals surface area contributed by atoms with Crippen molar-refractivity contribution in [3.05, 3.63) is 199 Å². The molecule has 35 heteroatoms. The van der Waals surface area contributed by atoms with Crippen LogP contribution in [0.25, 0.3) is 11.0 Å². The molecule has 0 amide bonds. The van der Waals surface area contributed by atoms with Crippen molar-refractivity contribution in [1.29, 1.82) is 0 Å². The highest BCUT2D eigenvalue weighted by molar-refractivity contribution is 7.11. The zero-order chi connectivity index (χ0) is 57.6. The highest BCUT2D eigenvalue weighted by atomic mass is 19.2. The van der Waals surface area contributed by atoms with Gasteiger partial charge in [-0.1, -0.05) is 44.9 Å². The quantitative estimate of drug-likeness (QED) is 0.0648. The molecule has 0 bridgehead atoms. The fourth-order valence-electron chi connectivity index (χ4n) is 9.16. The first-order valence-electron chi connectivity index (χ1n) is 19.6. The molecular weight excluding hydrogens is 1140 g/mol. The summed E-state index contributed by atoms with van der Waals surface area (Å²) < 4.78 is 474. The zero-order valence-electron chi connectivity index (χ0n) is 35.1. The first-order valence-corrected chi connectivity index (χ1v) is 19.6. The van der Waals surface area contributed by atoms with Crippen molar-refractivity contribution < 1.29 is 136 Å². The van der Waals surface area contributed by atoms with E-state index in [9.17, 15) is 26.3 Å². The second kappa shape index (κ2) is 18.3. The van der Waals surface area contributed by atoms with Gasteiger partial charge in [0.15, 0.2) is 105 Å². The van der Waals surface area contributed by atoms with Crippen LogP contribution in [-0.2, 0) is 0 Å². The van der Waals surface area contributed by atoms with Crippen LogP contribution in [0.4, 0.5) is 132 Å². The number of hydrogen-bond acceptors (Lipinski definition) is 1. The molecule has 1 aromatic heterocycles. The topological polar surface area (TPSA) is 21.7 Å². The van der Waals surface area contributed by atoms with Crippen molar-refractivity contribution in [3.8, 4) is 0 Å². The van der Waals surface area contributed by atoms with E-state index in [1.165, 1.54) is 0 Å². The lowest BCUT2D eigenvalue weighted by Gasteiger charge is -2.41. The minimum Gasteiger partial charge on any atom is -0.316 e. The summed E-state index contributed by atoms with van der Waals surface area (Å²) in [7, 11) is 0. The van der Waals surface area contributed by atoms with E-state index in [0.717, 1.165) is 0 Å². The van der Waals surface area contributed by atoms with E-state index in [1.807, 2.05) is 0 Å². The monoisotopic (exact) mass is 1140 g/mol. The van der Waals surface area contributed by atoms with Crippen molar-refractivity contribution in [1.82, 2.24) is 9.81 Å². The molecule has 0 saturated carbocycles. The molecule has 0 fully saturated rings. The Kier molecular flexibility index (Phi) is 13.1. The third-order valence-corrected chi connectivity index (χ3v) is 12.3. The molecule has 1 heterocycles. The number of halogens is 30. The van der Waals surface area contributed by atoms with Crippen molar-refractivity contribution in [2.75, 3.05) is 0 Å². The second-order valence-corrected chi connectivity index (χ2v) is 15.8. The molecule has 0 unspecified atom stereocenters. The average Bonchev–Trinajstić information content (AvgIpc) is 3.85. The first kappa shape index (κ1) is 55.2. The van der Waals surface area contributed by atoms with Gasteiger partial charge in [-0.2, -0.15) is 0 Å². The van der Waals surface area contributed by atoms with Gasteiger partial charge >= 0.3 is 12.6 Å². The van der Waals surface area contributed by atoms with E-state index in [-0.39, 0.29) is 24.3 Å². The lowest BCUT2D eigenvalue weighted by molar-refractivity contribution is -0.582. The maximum Gasteiger partial charge on any atom is 0.313 e. The zero-order valence-corrected chi connectivity index (χ0v) is 35.1. The molecular formula is C42H4B2F30N3-. The third-order valence-electron chi connectivity index (χ3n) is 12.3. The SMILES string of the molecule is Fc1c(F)c(F)c([B-](c2c(F)c(F)c(F)c(F)c2F)(c2c(F)c(F)c(F)c(F)c2F)n2n[n+]([B-](c3c(F)c(F)c(F)c(F)c3F)(c3c(F)c(F)c(F)c(F)c3F)c3c(F)c(F)c(F)c(F)c3F)c3ccccc32)c(F)c1F. The second-order valence-electron chi connectivity index (χ2n) is 15.8. The Bertz CT molecular complexity index is 3210. The third kappa shape index (κ3) is 6.91. The Morgan fingerprint density at radius 2 is 0.429 bits per heavy atom. The van der Waals surface area contributed by atoms with E-state index >= 15 is 105 Å². The van der Waals surface area contributed by atoms with Crippen LogP contribution in [0.15, 0.2) is 24.3 Å². The summed E-state index contributed by atoms with van der Waals surface area (Å²) in [4.78, 5) is 0. The van der Waals surface area contributed by atoms with Crippen molar-refractivity contribution in [2.45, 2.75) is 0 Å². The van der Waals surface area contributed by atoms with Crippen LogP contribution in [-0.4, -0.2) is 22.4 Å². The normalized spacial score (nSPS) is 12.3. The van der Waals surface area contributed by atoms with Gasteiger partial charge in [0.05, 0.1) is 0 Å². The van der Waals surface area contributed by atoms with Crippen LogP contribution < -0.4 is 37.4 Å². The van der Waals surface area contributed by atoms with Gasteiger partial charge in [0.1, 0.15) is 80.8 Å². The Morgan fingerprint density at radius 1 is 0.247 bits per heavy atom. The van der Waals surface area contributed by atoms with Gasteiger partial charge in [0, 0.05) is 0 Å². The molecule has 7 aromatic carbocycles. The predicted octanol–water partition coefficient (Wildman–Crippen LogP) is 8.53. The smallest absolute Gasteiger partial charge is 0.313 e. The molecule has 0 radical (unpaired) electrons. The van der Waals surface area contributed by atoms with Gasteiger partial charge in [-0.15, -0.1) is 0 Å². The molecule has 8 rings (SSSR count). The Hall–Kier alpha value is -8.03. The first-order chi connectivity index (χ1) is 35.8. The summed E-state index contributed by atoms with van der Waals surface area (Å²) in [6.07, 6.45) is -15.2. The van der Waals surface area contributed by atoms with E-state index in [0.29, 0.717) is 0 Å². The lowest BCUT2D eigenvalue weighted by atomic mass is 9.23. The number of aromatic nitrogens is 3. The van der Waals surface area contributed by atoms with Crippen LogP contribution in [0.3, 0.4) is 0 Å². The fraction of sp³-hybridized carbons (Fsp3) is 0. The molecule has 0 spiro atoms. The van der Waals surface area contributed by atoms with E-state index in [4.69, 9.17) is 0 Å². The molecule has 77 heavy (non-hydrogen) atoms. The summed E-state index contributed by atoms with van der Waals surface area (Å²) >= 11 is 0. The highest BCUT2D eigenvalue weighted by Gasteiger charge is 2.59. The number of para-hydroxylation sites is 2. The molecule has 0 aliphatic heterocycles. The molecule has 3 nitrogen and oxygen atoms in total. The Morgan fingerprint density at radius 3 is 0.649 bits per heavy atom. The highest BCUT2D eigenvalue weighted by Crippen LogP contribution is 2.33. The molecule has 0 aliphatic rings. The van der Waals surface area contributed by atoms with Gasteiger partial charge in [-0.25, -0.2) is 132 Å². The van der Waals surface area contributed by atoms with Crippen LogP contribution in [0.1, 0.15) is 0 Å². The van der Waals surface area contributed by atoms with E-state index in [1.54, 1.807) is 0 Å². The van der Waals surface area contributed by atoms with E-state index < -0.39 is 240 Å². The maximum atomic E-state index is 16.8. The van der Waals surface area contributed by atoms with E-state index in [2.05, 4.69) is 5.21 Å². The molecule has 0 N–H and O–H groups in total. The number of fused-ring (bicyclic) bond motifs is 1. The number of nitrogens with zero attached hydrogens (tertiary/aromatic N) is 3.